The maximum absolute atomic E-state index is 9.20. The van der Waals surface area contributed by atoms with E-state index in [0.29, 0.717) is 0 Å². The third-order valence-electron chi connectivity index (χ3n) is 3.58. The summed E-state index contributed by atoms with van der Waals surface area (Å²) in [6, 6.07) is 12.0. The topological polar surface area (TPSA) is 50.3 Å². The molecule has 2 aromatic heterocycles. The summed E-state index contributed by atoms with van der Waals surface area (Å²) in [4.78, 5) is 4.76. The highest BCUT2D eigenvalue weighted by Crippen LogP contribution is 2.33. The molecule has 5 heteroatoms. The maximum atomic E-state index is 9.20. The number of nitriles is 1. The van der Waals surface area contributed by atoms with E-state index in [1.807, 2.05) is 47.9 Å². The largest absolute Gasteiger partial charge is 0.496 e. The summed E-state index contributed by atoms with van der Waals surface area (Å²) in [6.07, 6.45) is 2.23. The van der Waals surface area contributed by atoms with Crippen molar-refractivity contribution in [2.75, 3.05) is 7.11 Å². The molecule has 0 unspecified atom stereocenters. The zero-order valence-corrected chi connectivity index (χ0v) is 13.9. The van der Waals surface area contributed by atoms with Gasteiger partial charge in [0.25, 0.3) is 0 Å². The van der Waals surface area contributed by atoms with Crippen LogP contribution in [0.1, 0.15) is 11.3 Å². The zero-order valence-electron chi connectivity index (χ0n) is 12.3. The van der Waals surface area contributed by atoms with Gasteiger partial charge in [-0.2, -0.15) is 5.26 Å². The molecule has 0 saturated heterocycles. The van der Waals surface area contributed by atoms with E-state index in [0.717, 1.165) is 38.4 Å². The number of imidazole rings is 1. The third kappa shape index (κ3) is 2.36. The molecule has 0 saturated carbocycles. The second kappa shape index (κ2) is 5.82. The lowest BCUT2D eigenvalue weighted by atomic mass is 10.1. The number of pyridine rings is 1. The standard InChI is InChI=1S/C17H14BrN3O/c1-11-9-12(18)10-21-14(7-8-19)16(20-17(11)21)13-5-3-4-6-15(13)22-2/h3-6,9-10H,7H2,1-2H3. The van der Waals surface area contributed by atoms with E-state index in [1.54, 1.807) is 7.11 Å². The van der Waals surface area contributed by atoms with Gasteiger partial charge in [0.1, 0.15) is 11.4 Å². The van der Waals surface area contributed by atoms with E-state index in [-0.39, 0.29) is 6.42 Å². The van der Waals surface area contributed by atoms with E-state index in [1.165, 1.54) is 0 Å². The van der Waals surface area contributed by atoms with E-state index in [4.69, 9.17) is 9.72 Å². The van der Waals surface area contributed by atoms with Crippen LogP contribution in [0, 0.1) is 18.3 Å². The molecule has 0 atom stereocenters. The third-order valence-corrected chi connectivity index (χ3v) is 4.01. The average Bonchev–Trinajstić information content (AvgIpc) is 2.87. The van der Waals surface area contributed by atoms with Crippen molar-refractivity contribution in [1.29, 1.82) is 5.26 Å². The van der Waals surface area contributed by atoms with Crippen molar-refractivity contribution in [1.82, 2.24) is 9.38 Å². The van der Waals surface area contributed by atoms with Crippen molar-refractivity contribution in [2.24, 2.45) is 0 Å². The van der Waals surface area contributed by atoms with Crippen LogP contribution in [0.15, 0.2) is 41.0 Å². The number of halogens is 1. The molecule has 0 amide bonds. The lowest BCUT2D eigenvalue weighted by Gasteiger charge is -2.07. The van der Waals surface area contributed by atoms with Gasteiger partial charge >= 0.3 is 0 Å². The number of fused-ring (bicyclic) bond motifs is 1. The van der Waals surface area contributed by atoms with Crippen molar-refractivity contribution < 1.29 is 4.74 Å². The smallest absolute Gasteiger partial charge is 0.140 e. The highest BCUT2D eigenvalue weighted by Gasteiger charge is 2.18. The SMILES string of the molecule is COc1ccccc1-c1nc2c(C)cc(Br)cn2c1CC#N. The van der Waals surface area contributed by atoms with Crippen LogP contribution >= 0.6 is 15.9 Å². The lowest BCUT2D eigenvalue weighted by molar-refractivity contribution is 0.416. The van der Waals surface area contributed by atoms with Crippen LogP contribution in [0.4, 0.5) is 0 Å². The zero-order chi connectivity index (χ0) is 15.7. The molecule has 0 fully saturated rings. The number of aryl methyl sites for hydroxylation is 1. The maximum Gasteiger partial charge on any atom is 0.140 e. The first-order valence-electron chi connectivity index (χ1n) is 6.83. The van der Waals surface area contributed by atoms with Crippen LogP contribution in [-0.2, 0) is 6.42 Å². The fraction of sp³-hybridized carbons (Fsp3) is 0.176. The molecule has 0 aliphatic rings. The number of nitrogens with zero attached hydrogens (tertiary/aromatic N) is 3. The molecule has 0 aliphatic carbocycles. The number of hydrogen-bond donors (Lipinski definition) is 0. The molecular formula is C17H14BrN3O. The Bertz CT molecular complexity index is 893. The number of ether oxygens (including phenoxy) is 1. The van der Waals surface area contributed by atoms with Crippen molar-refractivity contribution in [3.63, 3.8) is 0 Å². The lowest BCUT2D eigenvalue weighted by Crippen LogP contribution is -1.95. The molecule has 22 heavy (non-hydrogen) atoms. The Balaban J connectivity index is 2.36. The summed E-state index contributed by atoms with van der Waals surface area (Å²) in [5.41, 5.74) is 4.46. The first-order chi connectivity index (χ1) is 10.7. The predicted molar refractivity (Wildman–Crippen MR) is 88.9 cm³/mol. The molecule has 4 nitrogen and oxygen atoms in total. The fourth-order valence-electron chi connectivity index (χ4n) is 2.62. The highest BCUT2D eigenvalue weighted by atomic mass is 79.9. The van der Waals surface area contributed by atoms with Gasteiger partial charge in [0.2, 0.25) is 0 Å². The van der Waals surface area contributed by atoms with Crippen LogP contribution in [0.2, 0.25) is 0 Å². The van der Waals surface area contributed by atoms with Crippen LogP contribution < -0.4 is 4.74 Å². The minimum Gasteiger partial charge on any atom is -0.496 e. The van der Waals surface area contributed by atoms with Crippen LogP contribution in [-0.4, -0.2) is 16.5 Å². The van der Waals surface area contributed by atoms with E-state index in [2.05, 4.69) is 22.0 Å². The number of methoxy groups -OCH3 is 1. The Morgan fingerprint density at radius 3 is 2.86 bits per heavy atom. The monoisotopic (exact) mass is 355 g/mol. The molecule has 2 heterocycles. The van der Waals surface area contributed by atoms with Crippen molar-refractivity contribution >= 4 is 21.6 Å². The van der Waals surface area contributed by atoms with E-state index >= 15 is 0 Å². The number of hydrogen-bond acceptors (Lipinski definition) is 3. The van der Waals surface area contributed by atoms with Gasteiger partial charge in [-0.15, -0.1) is 0 Å². The van der Waals surface area contributed by atoms with Gasteiger partial charge in [-0.3, -0.25) is 0 Å². The van der Waals surface area contributed by atoms with Gasteiger partial charge < -0.3 is 9.14 Å². The highest BCUT2D eigenvalue weighted by molar-refractivity contribution is 9.10. The molecule has 0 aliphatic heterocycles. The van der Waals surface area contributed by atoms with Gasteiger partial charge in [-0.25, -0.2) is 4.98 Å². The fourth-order valence-corrected chi connectivity index (χ4v) is 3.16. The quantitative estimate of drug-likeness (QED) is 0.709. The molecule has 110 valence electrons. The van der Waals surface area contributed by atoms with Gasteiger partial charge in [-0.1, -0.05) is 12.1 Å². The van der Waals surface area contributed by atoms with Gasteiger partial charge in [0.15, 0.2) is 0 Å². The van der Waals surface area contributed by atoms with Crippen LogP contribution in [0.25, 0.3) is 16.9 Å². The molecule has 3 rings (SSSR count). The Labute approximate surface area is 137 Å². The van der Waals surface area contributed by atoms with Crippen LogP contribution in [0.5, 0.6) is 5.75 Å². The summed E-state index contributed by atoms with van der Waals surface area (Å²) >= 11 is 3.51. The van der Waals surface area contributed by atoms with Gasteiger partial charge in [-0.05, 0) is 46.6 Å². The van der Waals surface area contributed by atoms with Crippen molar-refractivity contribution in [3.05, 3.63) is 52.3 Å². The van der Waals surface area contributed by atoms with Gasteiger partial charge in [0.05, 0.1) is 31.0 Å². The number of aromatic nitrogens is 2. The second-order valence-corrected chi connectivity index (χ2v) is 5.89. The summed E-state index contributed by atoms with van der Waals surface area (Å²) in [5.74, 6) is 0.752. The summed E-state index contributed by atoms with van der Waals surface area (Å²) in [6.45, 7) is 2.01. The molecule has 0 spiro atoms. The number of benzene rings is 1. The molecule has 0 radical (unpaired) electrons. The first-order valence-corrected chi connectivity index (χ1v) is 7.62. The normalized spacial score (nSPS) is 10.6. The molecular weight excluding hydrogens is 342 g/mol. The number of rotatable bonds is 3. The molecule has 3 aromatic rings. The van der Waals surface area contributed by atoms with Gasteiger partial charge in [0, 0.05) is 16.2 Å². The molecule has 0 N–H and O–H groups in total. The van der Waals surface area contributed by atoms with Crippen molar-refractivity contribution in [3.8, 4) is 23.1 Å². The Kier molecular flexibility index (Phi) is 3.86. The number of para-hydroxylation sites is 1. The minimum absolute atomic E-state index is 0.282. The van der Waals surface area contributed by atoms with Crippen LogP contribution in [0.3, 0.4) is 0 Å². The average molecular weight is 356 g/mol. The molecule has 1 aromatic carbocycles. The van der Waals surface area contributed by atoms with E-state index < -0.39 is 0 Å². The Morgan fingerprint density at radius 2 is 2.14 bits per heavy atom. The Morgan fingerprint density at radius 1 is 1.36 bits per heavy atom. The second-order valence-electron chi connectivity index (χ2n) is 4.98. The summed E-state index contributed by atoms with van der Waals surface area (Å²) in [7, 11) is 1.64. The summed E-state index contributed by atoms with van der Waals surface area (Å²) < 4.78 is 8.38. The van der Waals surface area contributed by atoms with Crippen molar-refractivity contribution in [2.45, 2.75) is 13.3 Å². The van der Waals surface area contributed by atoms with E-state index in [9.17, 15) is 5.26 Å². The molecule has 0 bridgehead atoms. The predicted octanol–water partition coefficient (Wildman–Crippen LogP) is 4.15. The Hall–Kier alpha value is -2.32. The summed E-state index contributed by atoms with van der Waals surface area (Å²) in [5, 5.41) is 9.20. The minimum atomic E-state index is 0.282. The first kappa shape index (κ1) is 14.6.